The third kappa shape index (κ3) is 4.72. The molecule has 2 amide bonds. The van der Waals surface area contributed by atoms with E-state index in [1.165, 1.54) is 12.1 Å². The van der Waals surface area contributed by atoms with E-state index in [0.717, 1.165) is 5.56 Å². The zero-order valence-electron chi connectivity index (χ0n) is 14.5. The fourth-order valence-electron chi connectivity index (χ4n) is 2.62. The van der Waals surface area contributed by atoms with Crippen LogP contribution in [0.5, 0.6) is 0 Å². The Balaban J connectivity index is 1.82. The Bertz CT molecular complexity index is 1080. The first-order chi connectivity index (χ1) is 12.8. The van der Waals surface area contributed by atoms with Gasteiger partial charge in [0.2, 0.25) is 0 Å². The van der Waals surface area contributed by atoms with E-state index < -0.39 is 16.1 Å². The Morgan fingerprint density at radius 2 is 1.52 bits per heavy atom. The fraction of sp³-hybridized carbons (Fsp3) is 0.0500. The Morgan fingerprint density at radius 3 is 2.22 bits per heavy atom. The van der Waals surface area contributed by atoms with Crippen molar-refractivity contribution in [1.29, 1.82) is 0 Å². The van der Waals surface area contributed by atoms with Crippen molar-refractivity contribution in [2.24, 2.45) is 0 Å². The predicted octanol–water partition coefficient (Wildman–Crippen LogP) is 4.55. The van der Waals surface area contributed by atoms with E-state index in [0.29, 0.717) is 22.5 Å². The topological polar surface area (TPSA) is 95.5 Å². The van der Waals surface area contributed by atoms with E-state index in [9.17, 15) is 17.8 Å². The van der Waals surface area contributed by atoms with Crippen molar-refractivity contribution < 1.29 is 17.8 Å². The molecule has 0 unspecified atom stereocenters. The van der Waals surface area contributed by atoms with Gasteiger partial charge in [0.1, 0.15) is 4.90 Å². The highest BCUT2D eigenvalue weighted by atomic mass is 32.2. The molecule has 138 valence electrons. The minimum absolute atomic E-state index is 0.189. The van der Waals surface area contributed by atoms with Crippen molar-refractivity contribution in [3.05, 3.63) is 78.4 Å². The maximum Gasteiger partial charge on any atom is 0.323 e. The number of rotatable bonds is 4. The third-order valence-electron chi connectivity index (χ3n) is 3.91. The zero-order valence-corrected chi connectivity index (χ0v) is 15.3. The largest absolute Gasteiger partial charge is 0.323 e. The predicted molar refractivity (Wildman–Crippen MR) is 106 cm³/mol. The van der Waals surface area contributed by atoms with Crippen LogP contribution in [-0.2, 0) is 10.1 Å². The van der Waals surface area contributed by atoms with Crippen molar-refractivity contribution in [3.63, 3.8) is 0 Å². The average Bonchev–Trinajstić information content (AvgIpc) is 2.63. The minimum Gasteiger partial charge on any atom is -0.308 e. The highest BCUT2D eigenvalue weighted by Crippen LogP contribution is 2.29. The van der Waals surface area contributed by atoms with Gasteiger partial charge in [-0.1, -0.05) is 48.0 Å². The molecule has 3 N–H and O–H groups in total. The first-order valence-electron chi connectivity index (χ1n) is 8.14. The molecular weight excluding hydrogens is 364 g/mol. The molecule has 0 heterocycles. The number of carbonyl (C=O) groups excluding carboxylic acids is 1. The molecule has 27 heavy (non-hydrogen) atoms. The third-order valence-corrected chi connectivity index (χ3v) is 4.82. The van der Waals surface area contributed by atoms with Gasteiger partial charge in [0.15, 0.2) is 0 Å². The molecule has 0 radical (unpaired) electrons. The van der Waals surface area contributed by atoms with Gasteiger partial charge in [-0.3, -0.25) is 4.55 Å². The summed E-state index contributed by atoms with van der Waals surface area (Å²) in [5, 5.41) is 5.44. The molecule has 3 aromatic rings. The van der Waals surface area contributed by atoms with Crippen LogP contribution in [0.3, 0.4) is 0 Å². The molecule has 0 aliphatic carbocycles. The normalized spacial score (nSPS) is 11.0. The second-order valence-electron chi connectivity index (χ2n) is 6.00. The first-order valence-corrected chi connectivity index (χ1v) is 9.58. The van der Waals surface area contributed by atoms with Gasteiger partial charge in [0, 0.05) is 16.9 Å². The number of hydrogen-bond donors (Lipinski definition) is 3. The van der Waals surface area contributed by atoms with Gasteiger partial charge in [0.25, 0.3) is 10.1 Å². The lowest BCUT2D eigenvalue weighted by atomic mass is 10.1. The van der Waals surface area contributed by atoms with Crippen LogP contribution in [0.4, 0.5) is 16.2 Å². The summed E-state index contributed by atoms with van der Waals surface area (Å²) in [5.74, 6) is 0. The summed E-state index contributed by atoms with van der Waals surface area (Å²) in [6.45, 7) is 1.96. The molecule has 3 aromatic carbocycles. The number of amides is 2. The molecule has 3 rings (SSSR count). The van der Waals surface area contributed by atoms with Crippen molar-refractivity contribution >= 4 is 27.5 Å². The molecule has 0 bridgehead atoms. The van der Waals surface area contributed by atoms with Crippen LogP contribution >= 0.6 is 0 Å². The zero-order chi connectivity index (χ0) is 19.4. The van der Waals surface area contributed by atoms with Gasteiger partial charge in [-0.15, -0.1) is 0 Å². The van der Waals surface area contributed by atoms with Crippen molar-refractivity contribution in [2.45, 2.75) is 11.8 Å². The number of hydrogen-bond acceptors (Lipinski definition) is 3. The van der Waals surface area contributed by atoms with Crippen LogP contribution in [0.15, 0.2) is 77.7 Å². The van der Waals surface area contributed by atoms with Gasteiger partial charge in [-0.25, -0.2) is 4.79 Å². The summed E-state index contributed by atoms with van der Waals surface area (Å²) >= 11 is 0. The van der Waals surface area contributed by atoms with Crippen LogP contribution in [0.1, 0.15) is 5.56 Å². The number of benzene rings is 3. The molecule has 0 saturated heterocycles. The smallest absolute Gasteiger partial charge is 0.308 e. The average molecular weight is 382 g/mol. The Morgan fingerprint density at radius 1 is 0.852 bits per heavy atom. The second-order valence-corrected chi connectivity index (χ2v) is 7.39. The molecular formula is C20H18N2O4S. The summed E-state index contributed by atoms with van der Waals surface area (Å²) in [6, 6.07) is 19.8. The molecule has 0 spiro atoms. The summed E-state index contributed by atoms with van der Waals surface area (Å²) in [4.78, 5) is 12.0. The van der Waals surface area contributed by atoms with Crippen LogP contribution < -0.4 is 10.6 Å². The van der Waals surface area contributed by atoms with E-state index in [-0.39, 0.29) is 4.90 Å². The number of anilines is 2. The minimum atomic E-state index is -4.36. The number of nitrogens with one attached hydrogen (secondary N) is 2. The molecule has 7 heteroatoms. The monoisotopic (exact) mass is 382 g/mol. The van der Waals surface area contributed by atoms with Crippen LogP contribution in [0.25, 0.3) is 11.1 Å². The van der Waals surface area contributed by atoms with Crippen molar-refractivity contribution in [1.82, 2.24) is 0 Å². The van der Waals surface area contributed by atoms with Crippen LogP contribution in [0, 0.1) is 6.92 Å². The lowest BCUT2D eigenvalue weighted by Gasteiger charge is -2.11. The van der Waals surface area contributed by atoms with E-state index in [2.05, 4.69) is 10.6 Å². The van der Waals surface area contributed by atoms with Crippen LogP contribution in [-0.4, -0.2) is 19.0 Å². The number of carbonyl (C=O) groups is 1. The lowest BCUT2D eigenvalue weighted by Crippen LogP contribution is -2.19. The Hall–Kier alpha value is -3.16. The van der Waals surface area contributed by atoms with Gasteiger partial charge in [-0.2, -0.15) is 8.42 Å². The second kappa shape index (κ2) is 7.61. The molecule has 0 aliphatic heterocycles. The quantitative estimate of drug-likeness (QED) is 0.577. The molecule has 0 atom stereocenters. The number of aryl methyl sites for hydroxylation is 1. The molecule has 0 fully saturated rings. The van der Waals surface area contributed by atoms with Gasteiger partial charge in [-0.05, 0) is 42.8 Å². The molecule has 6 nitrogen and oxygen atoms in total. The van der Waals surface area contributed by atoms with E-state index in [1.807, 2.05) is 19.1 Å². The SMILES string of the molecule is Cc1ccc(NC(=O)Nc2cccc(-c3ccccc3S(=O)(=O)O)c2)cc1. The maximum atomic E-state index is 12.2. The van der Waals surface area contributed by atoms with Crippen LogP contribution in [0.2, 0.25) is 0 Å². The Kier molecular flexibility index (Phi) is 5.25. The fourth-order valence-corrected chi connectivity index (χ4v) is 3.34. The highest BCUT2D eigenvalue weighted by molar-refractivity contribution is 7.86. The molecule has 0 saturated carbocycles. The molecule has 0 aliphatic rings. The van der Waals surface area contributed by atoms with Gasteiger partial charge in [0.05, 0.1) is 0 Å². The Labute approximate surface area is 157 Å². The van der Waals surface area contributed by atoms with E-state index in [4.69, 9.17) is 0 Å². The standard InChI is InChI=1S/C20H18N2O4S/c1-14-9-11-16(12-10-14)21-20(23)22-17-6-4-5-15(13-17)18-7-2-3-8-19(18)27(24,25)26/h2-13H,1H3,(H2,21,22,23)(H,24,25,26). The first kappa shape index (κ1) is 18.6. The lowest BCUT2D eigenvalue weighted by molar-refractivity contribution is 0.262. The summed E-state index contributed by atoms with van der Waals surface area (Å²) in [6.07, 6.45) is 0. The summed E-state index contributed by atoms with van der Waals surface area (Å²) in [7, 11) is -4.36. The van der Waals surface area contributed by atoms with Gasteiger partial charge >= 0.3 is 6.03 Å². The van der Waals surface area contributed by atoms with Crippen molar-refractivity contribution in [3.8, 4) is 11.1 Å². The molecule has 0 aromatic heterocycles. The van der Waals surface area contributed by atoms with E-state index in [1.54, 1.807) is 48.5 Å². The highest BCUT2D eigenvalue weighted by Gasteiger charge is 2.16. The summed E-state index contributed by atoms with van der Waals surface area (Å²) < 4.78 is 32.6. The maximum absolute atomic E-state index is 12.2. The van der Waals surface area contributed by atoms with Gasteiger partial charge < -0.3 is 10.6 Å². The van der Waals surface area contributed by atoms with Crippen molar-refractivity contribution in [2.75, 3.05) is 10.6 Å². The van der Waals surface area contributed by atoms with E-state index >= 15 is 0 Å². The summed E-state index contributed by atoms with van der Waals surface area (Å²) in [5.41, 5.74) is 3.14. The number of urea groups is 1.